The lowest BCUT2D eigenvalue weighted by atomic mass is 10.1. The van der Waals surface area contributed by atoms with Gasteiger partial charge >= 0.3 is 0 Å². The van der Waals surface area contributed by atoms with Crippen LogP contribution in [-0.2, 0) is 0 Å². The standard InChI is InChI=1S/C13H18BrN/c1-4-5-6-7-15-13-10(2)8-12(14)9-11(13)3/h4,8-9,15H,1,5-7H2,2-3H3. The molecule has 0 aliphatic rings. The molecule has 0 aliphatic carbocycles. The average molecular weight is 268 g/mol. The molecule has 0 aromatic heterocycles. The van der Waals surface area contributed by atoms with Crippen LogP contribution >= 0.6 is 15.9 Å². The molecule has 2 heteroatoms. The highest BCUT2D eigenvalue weighted by Crippen LogP contribution is 2.24. The van der Waals surface area contributed by atoms with Crippen LogP contribution in [0.25, 0.3) is 0 Å². The van der Waals surface area contributed by atoms with Gasteiger partial charge in [-0.05, 0) is 49.9 Å². The molecule has 0 bridgehead atoms. The summed E-state index contributed by atoms with van der Waals surface area (Å²) in [6, 6.07) is 4.28. The lowest BCUT2D eigenvalue weighted by Crippen LogP contribution is -2.04. The Labute approximate surface area is 101 Å². The summed E-state index contributed by atoms with van der Waals surface area (Å²) >= 11 is 3.50. The van der Waals surface area contributed by atoms with Gasteiger partial charge in [-0.1, -0.05) is 22.0 Å². The molecule has 1 N–H and O–H groups in total. The van der Waals surface area contributed by atoms with Gasteiger partial charge in [-0.2, -0.15) is 0 Å². The number of nitrogens with one attached hydrogen (secondary N) is 1. The lowest BCUT2D eigenvalue weighted by Gasteiger charge is -2.12. The van der Waals surface area contributed by atoms with Crippen LogP contribution in [-0.4, -0.2) is 6.54 Å². The van der Waals surface area contributed by atoms with E-state index < -0.39 is 0 Å². The van der Waals surface area contributed by atoms with Gasteiger partial charge in [-0.25, -0.2) is 0 Å². The summed E-state index contributed by atoms with van der Waals surface area (Å²) in [4.78, 5) is 0. The third kappa shape index (κ3) is 3.71. The number of benzene rings is 1. The van der Waals surface area contributed by atoms with E-state index in [-0.39, 0.29) is 0 Å². The maximum Gasteiger partial charge on any atom is 0.0400 e. The predicted molar refractivity (Wildman–Crippen MR) is 71.5 cm³/mol. The fourth-order valence-corrected chi connectivity index (χ4v) is 2.34. The molecule has 0 heterocycles. The van der Waals surface area contributed by atoms with E-state index >= 15 is 0 Å². The van der Waals surface area contributed by atoms with Gasteiger partial charge in [-0.3, -0.25) is 0 Å². The van der Waals surface area contributed by atoms with Crippen molar-refractivity contribution >= 4 is 21.6 Å². The second-order valence-electron chi connectivity index (χ2n) is 3.77. The quantitative estimate of drug-likeness (QED) is 0.614. The molecule has 0 saturated heterocycles. The zero-order valence-electron chi connectivity index (χ0n) is 9.44. The first kappa shape index (κ1) is 12.3. The van der Waals surface area contributed by atoms with E-state index in [1.165, 1.54) is 16.8 Å². The molecule has 0 spiro atoms. The van der Waals surface area contributed by atoms with Gasteiger partial charge in [0.05, 0.1) is 0 Å². The van der Waals surface area contributed by atoms with Gasteiger partial charge in [0, 0.05) is 16.7 Å². The van der Waals surface area contributed by atoms with Crippen LogP contribution in [0, 0.1) is 13.8 Å². The van der Waals surface area contributed by atoms with E-state index in [1.54, 1.807) is 0 Å². The Morgan fingerprint density at radius 2 is 1.93 bits per heavy atom. The Bertz CT molecular complexity index is 321. The van der Waals surface area contributed by atoms with Gasteiger partial charge in [0.25, 0.3) is 0 Å². The molecule has 0 fully saturated rings. The van der Waals surface area contributed by atoms with Crippen molar-refractivity contribution in [1.82, 2.24) is 0 Å². The van der Waals surface area contributed by atoms with Crippen LogP contribution in [0.3, 0.4) is 0 Å². The van der Waals surface area contributed by atoms with Crippen LogP contribution in [0.15, 0.2) is 29.3 Å². The second kappa shape index (κ2) is 5.96. The maximum absolute atomic E-state index is 3.72. The zero-order valence-corrected chi connectivity index (χ0v) is 11.0. The first-order chi connectivity index (χ1) is 7.15. The molecule has 0 saturated carbocycles. The molecule has 0 radical (unpaired) electrons. The van der Waals surface area contributed by atoms with Gasteiger partial charge in [0.15, 0.2) is 0 Å². The van der Waals surface area contributed by atoms with Crippen LogP contribution in [0.1, 0.15) is 24.0 Å². The molecule has 0 amide bonds. The summed E-state index contributed by atoms with van der Waals surface area (Å²) in [6.45, 7) is 8.99. The molecule has 0 unspecified atom stereocenters. The van der Waals surface area contributed by atoms with Gasteiger partial charge in [0.2, 0.25) is 0 Å². The van der Waals surface area contributed by atoms with Crippen molar-refractivity contribution in [2.75, 3.05) is 11.9 Å². The third-order valence-corrected chi connectivity index (χ3v) is 2.84. The van der Waals surface area contributed by atoms with E-state index in [2.05, 4.69) is 53.8 Å². The number of aryl methyl sites for hydroxylation is 2. The Balaban J connectivity index is 2.64. The van der Waals surface area contributed by atoms with E-state index in [0.29, 0.717) is 0 Å². The van der Waals surface area contributed by atoms with Crippen molar-refractivity contribution in [2.24, 2.45) is 0 Å². The third-order valence-electron chi connectivity index (χ3n) is 2.38. The molecule has 0 atom stereocenters. The minimum absolute atomic E-state index is 1.01. The Morgan fingerprint density at radius 3 is 2.47 bits per heavy atom. The highest BCUT2D eigenvalue weighted by Gasteiger charge is 2.02. The minimum atomic E-state index is 1.01. The number of halogens is 1. The first-order valence-corrected chi connectivity index (χ1v) is 6.06. The minimum Gasteiger partial charge on any atom is -0.385 e. The van der Waals surface area contributed by atoms with Crippen LogP contribution in [0.2, 0.25) is 0 Å². The van der Waals surface area contributed by atoms with Gasteiger partial charge in [-0.15, -0.1) is 6.58 Å². The van der Waals surface area contributed by atoms with Crippen molar-refractivity contribution in [3.05, 3.63) is 40.4 Å². The van der Waals surface area contributed by atoms with Gasteiger partial charge < -0.3 is 5.32 Å². The van der Waals surface area contributed by atoms with E-state index in [0.717, 1.165) is 23.9 Å². The second-order valence-corrected chi connectivity index (χ2v) is 4.69. The molecule has 1 aromatic rings. The fourth-order valence-electron chi connectivity index (χ4n) is 1.65. The molecule has 1 nitrogen and oxygen atoms in total. The van der Waals surface area contributed by atoms with Crippen molar-refractivity contribution in [3.8, 4) is 0 Å². The summed E-state index contributed by atoms with van der Waals surface area (Å²) < 4.78 is 1.15. The zero-order chi connectivity index (χ0) is 11.3. The number of hydrogen-bond donors (Lipinski definition) is 1. The van der Waals surface area contributed by atoms with Crippen LogP contribution in [0.4, 0.5) is 5.69 Å². The van der Waals surface area contributed by atoms with Crippen molar-refractivity contribution < 1.29 is 0 Å². The lowest BCUT2D eigenvalue weighted by molar-refractivity contribution is 0.888. The first-order valence-electron chi connectivity index (χ1n) is 5.26. The normalized spacial score (nSPS) is 10.1. The highest BCUT2D eigenvalue weighted by atomic mass is 79.9. The van der Waals surface area contributed by atoms with Crippen molar-refractivity contribution in [2.45, 2.75) is 26.7 Å². The summed E-state index contributed by atoms with van der Waals surface area (Å²) in [5.41, 5.74) is 3.85. The monoisotopic (exact) mass is 267 g/mol. The summed E-state index contributed by atoms with van der Waals surface area (Å²) in [6.07, 6.45) is 4.17. The Morgan fingerprint density at radius 1 is 1.33 bits per heavy atom. The molecule has 82 valence electrons. The Kier molecular flexibility index (Phi) is 4.89. The molecular formula is C13H18BrN. The van der Waals surface area contributed by atoms with E-state index in [9.17, 15) is 0 Å². The highest BCUT2D eigenvalue weighted by molar-refractivity contribution is 9.10. The molecule has 1 aromatic carbocycles. The van der Waals surface area contributed by atoms with Crippen molar-refractivity contribution in [1.29, 1.82) is 0 Å². The summed E-state index contributed by atoms with van der Waals surface area (Å²) in [5, 5.41) is 3.47. The fraction of sp³-hybridized carbons (Fsp3) is 0.385. The van der Waals surface area contributed by atoms with Crippen LogP contribution < -0.4 is 5.32 Å². The van der Waals surface area contributed by atoms with Crippen LogP contribution in [0.5, 0.6) is 0 Å². The molecular weight excluding hydrogens is 250 g/mol. The SMILES string of the molecule is C=CCCCNc1c(C)cc(Br)cc1C. The van der Waals surface area contributed by atoms with Crippen molar-refractivity contribution in [3.63, 3.8) is 0 Å². The molecule has 15 heavy (non-hydrogen) atoms. The van der Waals surface area contributed by atoms with E-state index in [1.807, 2.05) is 6.08 Å². The largest absolute Gasteiger partial charge is 0.385 e. The maximum atomic E-state index is 3.72. The number of unbranched alkanes of at least 4 members (excludes halogenated alkanes) is 1. The summed E-state index contributed by atoms with van der Waals surface area (Å²) in [7, 11) is 0. The average Bonchev–Trinajstić information content (AvgIpc) is 2.15. The van der Waals surface area contributed by atoms with E-state index in [4.69, 9.17) is 0 Å². The number of allylic oxidation sites excluding steroid dienone is 1. The number of anilines is 1. The smallest absolute Gasteiger partial charge is 0.0400 e. The summed E-state index contributed by atoms with van der Waals surface area (Å²) in [5.74, 6) is 0. The topological polar surface area (TPSA) is 12.0 Å². The van der Waals surface area contributed by atoms with Gasteiger partial charge in [0.1, 0.15) is 0 Å². The molecule has 1 rings (SSSR count). The predicted octanol–water partition coefficient (Wildman–Crippen LogP) is 4.44. The Hall–Kier alpha value is -0.760. The number of rotatable bonds is 5. The number of hydrogen-bond acceptors (Lipinski definition) is 1. The molecule has 0 aliphatic heterocycles.